The predicted molar refractivity (Wildman–Crippen MR) is 77.8 cm³/mol. The number of nitrogens with two attached hydrogens (primary N) is 1. The summed E-state index contributed by atoms with van der Waals surface area (Å²) in [5, 5.41) is 4.96. The Morgan fingerprint density at radius 3 is 3.21 bits per heavy atom. The van der Waals surface area contributed by atoms with E-state index in [2.05, 4.69) is 35.0 Å². The number of nitrogens with one attached hydrogen (secondary N) is 1. The molecule has 2 heterocycles. The van der Waals surface area contributed by atoms with Gasteiger partial charge in [0, 0.05) is 35.5 Å². The average Bonchev–Trinajstić information content (AvgIpc) is 2.84. The maximum atomic E-state index is 11.8. The first-order valence-corrected chi connectivity index (χ1v) is 7.40. The van der Waals surface area contributed by atoms with Crippen LogP contribution in [0.2, 0.25) is 0 Å². The second kappa shape index (κ2) is 6.71. The molecule has 0 spiro atoms. The topological polar surface area (TPSA) is 58.4 Å². The first-order valence-electron chi connectivity index (χ1n) is 6.52. The molecule has 0 radical (unpaired) electrons. The lowest BCUT2D eigenvalue weighted by molar-refractivity contribution is -0.129. The summed E-state index contributed by atoms with van der Waals surface area (Å²) in [5.41, 5.74) is 6.38. The van der Waals surface area contributed by atoms with Crippen molar-refractivity contribution in [3.8, 4) is 11.8 Å². The van der Waals surface area contributed by atoms with Crippen LogP contribution in [0.1, 0.15) is 23.8 Å². The molecule has 102 valence electrons. The number of hydrogen-bond donors (Lipinski definition) is 2. The van der Waals surface area contributed by atoms with Gasteiger partial charge in [0.2, 0.25) is 5.91 Å². The predicted octanol–water partition coefficient (Wildman–Crippen LogP) is 0.769. The molecule has 19 heavy (non-hydrogen) atoms. The second-order valence-corrected chi connectivity index (χ2v) is 5.49. The van der Waals surface area contributed by atoms with Crippen molar-refractivity contribution in [3.05, 3.63) is 21.9 Å². The van der Waals surface area contributed by atoms with Crippen LogP contribution in [0.4, 0.5) is 0 Å². The Hall–Kier alpha value is -1.35. The van der Waals surface area contributed by atoms with E-state index in [4.69, 9.17) is 5.73 Å². The van der Waals surface area contributed by atoms with Gasteiger partial charge in [-0.2, -0.15) is 0 Å². The molecular formula is C14H19N3OS. The maximum absolute atomic E-state index is 11.8. The number of thiophene rings is 1. The fraction of sp³-hybridized carbons (Fsp3) is 0.500. The van der Waals surface area contributed by atoms with Crippen molar-refractivity contribution in [2.75, 3.05) is 19.6 Å². The lowest BCUT2D eigenvalue weighted by atomic mass is 10.1. The lowest BCUT2D eigenvalue weighted by Crippen LogP contribution is -2.54. The molecule has 4 nitrogen and oxygen atoms in total. The van der Waals surface area contributed by atoms with Gasteiger partial charge in [-0.05, 0) is 12.5 Å². The third kappa shape index (κ3) is 3.57. The summed E-state index contributed by atoms with van der Waals surface area (Å²) < 4.78 is 0. The summed E-state index contributed by atoms with van der Waals surface area (Å²) in [6.07, 6.45) is 0.844. The number of amides is 1. The smallest absolute Gasteiger partial charge is 0.237 e. The summed E-state index contributed by atoms with van der Waals surface area (Å²) in [4.78, 5) is 15.3. The van der Waals surface area contributed by atoms with Gasteiger partial charge in [0.1, 0.15) is 0 Å². The van der Waals surface area contributed by atoms with E-state index in [1.807, 2.05) is 5.38 Å². The summed E-state index contributed by atoms with van der Waals surface area (Å²) in [6.45, 7) is 4.90. The normalized spacial score (nSPS) is 19.7. The number of piperazine rings is 1. The summed E-state index contributed by atoms with van der Waals surface area (Å²) >= 11 is 1.69. The monoisotopic (exact) mass is 277 g/mol. The van der Waals surface area contributed by atoms with Crippen LogP contribution in [-0.4, -0.2) is 36.5 Å². The van der Waals surface area contributed by atoms with Crippen LogP contribution >= 0.6 is 11.3 Å². The first-order chi connectivity index (χ1) is 9.24. The molecule has 0 saturated carbocycles. The summed E-state index contributed by atoms with van der Waals surface area (Å²) in [7, 11) is 0. The van der Waals surface area contributed by atoms with Crippen LogP contribution in [0, 0.1) is 11.8 Å². The zero-order valence-electron chi connectivity index (χ0n) is 11.1. The zero-order valence-corrected chi connectivity index (χ0v) is 11.9. The Labute approximate surface area is 118 Å². The van der Waals surface area contributed by atoms with Crippen LogP contribution in [0.3, 0.4) is 0 Å². The SMILES string of the molecule is CCC1C(=O)NCCN1Cc1cc(C#CCN)cs1. The molecule has 1 aromatic heterocycles. The van der Waals surface area contributed by atoms with Gasteiger partial charge in [-0.15, -0.1) is 11.3 Å². The molecule has 1 amide bonds. The Morgan fingerprint density at radius 1 is 1.63 bits per heavy atom. The molecule has 2 rings (SSSR count). The molecule has 1 saturated heterocycles. The molecule has 1 aromatic rings. The molecule has 1 aliphatic heterocycles. The van der Waals surface area contributed by atoms with Gasteiger partial charge in [-0.1, -0.05) is 18.8 Å². The maximum Gasteiger partial charge on any atom is 0.237 e. The fourth-order valence-corrected chi connectivity index (χ4v) is 3.12. The van der Waals surface area contributed by atoms with Gasteiger partial charge >= 0.3 is 0 Å². The van der Waals surface area contributed by atoms with Gasteiger partial charge in [0.25, 0.3) is 0 Å². The highest BCUT2D eigenvalue weighted by Gasteiger charge is 2.27. The van der Waals surface area contributed by atoms with E-state index in [0.717, 1.165) is 31.6 Å². The molecule has 5 heteroatoms. The van der Waals surface area contributed by atoms with Crippen molar-refractivity contribution in [2.45, 2.75) is 25.9 Å². The van der Waals surface area contributed by atoms with Crippen LogP contribution in [0.5, 0.6) is 0 Å². The number of carbonyl (C=O) groups excluding carboxylic acids is 1. The molecule has 3 N–H and O–H groups in total. The number of nitrogens with zero attached hydrogens (tertiary/aromatic N) is 1. The van der Waals surface area contributed by atoms with Gasteiger partial charge in [-0.3, -0.25) is 9.69 Å². The fourth-order valence-electron chi connectivity index (χ4n) is 2.28. The molecule has 0 aromatic carbocycles. The van der Waals surface area contributed by atoms with Crippen molar-refractivity contribution in [1.29, 1.82) is 0 Å². The van der Waals surface area contributed by atoms with Crippen LogP contribution < -0.4 is 11.1 Å². The number of hydrogen-bond acceptors (Lipinski definition) is 4. The minimum absolute atomic E-state index is 0.00516. The van der Waals surface area contributed by atoms with Crippen molar-refractivity contribution in [3.63, 3.8) is 0 Å². The summed E-state index contributed by atoms with van der Waals surface area (Å²) in [6, 6.07) is 2.08. The lowest BCUT2D eigenvalue weighted by Gasteiger charge is -2.34. The molecule has 1 unspecified atom stereocenters. The van der Waals surface area contributed by atoms with E-state index in [1.54, 1.807) is 11.3 Å². The Morgan fingerprint density at radius 2 is 2.47 bits per heavy atom. The third-order valence-corrected chi connectivity index (χ3v) is 4.10. The van der Waals surface area contributed by atoms with Crippen LogP contribution in [0.15, 0.2) is 11.4 Å². The largest absolute Gasteiger partial charge is 0.353 e. The highest BCUT2D eigenvalue weighted by Crippen LogP contribution is 2.19. The van der Waals surface area contributed by atoms with E-state index in [-0.39, 0.29) is 11.9 Å². The zero-order chi connectivity index (χ0) is 13.7. The molecule has 0 bridgehead atoms. The molecule has 0 aliphatic carbocycles. The van der Waals surface area contributed by atoms with Gasteiger partial charge in [0.15, 0.2) is 0 Å². The van der Waals surface area contributed by atoms with Crippen LogP contribution in [0.25, 0.3) is 0 Å². The summed E-state index contributed by atoms with van der Waals surface area (Å²) in [5.74, 6) is 6.04. The standard InChI is InChI=1S/C14H19N3OS/c1-2-13-14(18)16-6-7-17(13)9-12-8-11(10-19-12)4-3-5-15/h8,10,13H,2,5-7,9,15H2,1H3,(H,16,18). The number of rotatable bonds is 3. The van der Waals surface area contributed by atoms with Gasteiger partial charge in [0.05, 0.1) is 12.6 Å². The average molecular weight is 277 g/mol. The molecule has 1 atom stereocenters. The highest BCUT2D eigenvalue weighted by atomic mass is 32.1. The second-order valence-electron chi connectivity index (χ2n) is 4.49. The van der Waals surface area contributed by atoms with Crippen molar-refractivity contribution in [2.24, 2.45) is 5.73 Å². The van der Waals surface area contributed by atoms with E-state index >= 15 is 0 Å². The number of carbonyl (C=O) groups is 1. The molecule has 1 fully saturated rings. The van der Waals surface area contributed by atoms with E-state index in [0.29, 0.717) is 6.54 Å². The third-order valence-electron chi connectivity index (χ3n) is 3.18. The quantitative estimate of drug-likeness (QED) is 0.802. The van der Waals surface area contributed by atoms with Crippen molar-refractivity contribution >= 4 is 17.2 Å². The van der Waals surface area contributed by atoms with Gasteiger partial charge in [-0.25, -0.2) is 0 Å². The Kier molecular flexibility index (Phi) is 4.97. The van der Waals surface area contributed by atoms with Crippen molar-refractivity contribution < 1.29 is 4.79 Å². The minimum atomic E-state index is -0.00516. The van der Waals surface area contributed by atoms with E-state index < -0.39 is 0 Å². The Balaban J connectivity index is 2.03. The van der Waals surface area contributed by atoms with Crippen molar-refractivity contribution in [1.82, 2.24) is 10.2 Å². The van der Waals surface area contributed by atoms with E-state index in [1.165, 1.54) is 4.88 Å². The molecule has 1 aliphatic rings. The first kappa shape index (κ1) is 14.1. The van der Waals surface area contributed by atoms with E-state index in [9.17, 15) is 4.79 Å². The minimum Gasteiger partial charge on any atom is -0.353 e. The highest BCUT2D eigenvalue weighted by molar-refractivity contribution is 7.10. The van der Waals surface area contributed by atoms with Gasteiger partial charge < -0.3 is 11.1 Å². The Bertz CT molecular complexity index is 500. The van der Waals surface area contributed by atoms with Crippen LogP contribution in [-0.2, 0) is 11.3 Å². The molecular weight excluding hydrogens is 258 g/mol.